The lowest BCUT2D eigenvalue weighted by Crippen LogP contribution is -2.11. The van der Waals surface area contributed by atoms with Gasteiger partial charge < -0.3 is 0 Å². The summed E-state index contributed by atoms with van der Waals surface area (Å²) in [6.45, 7) is 2.01. The van der Waals surface area contributed by atoms with Gasteiger partial charge in [0.1, 0.15) is 12.2 Å². The standard InChI is InChI=1S/C10H9N3O/c1-7-2-4-8(5-3-7)9-11-6-12-10(14)13-9/h2-6H,1H3,(H,11,12,13,14). The van der Waals surface area contributed by atoms with Crippen molar-refractivity contribution in [2.24, 2.45) is 0 Å². The molecule has 0 saturated carbocycles. The van der Waals surface area contributed by atoms with Crippen molar-refractivity contribution in [1.82, 2.24) is 15.0 Å². The molecule has 0 aliphatic rings. The third kappa shape index (κ3) is 1.69. The summed E-state index contributed by atoms with van der Waals surface area (Å²) in [6, 6.07) is 7.76. The minimum absolute atomic E-state index is 0.379. The van der Waals surface area contributed by atoms with Gasteiger partial charge in [-0.25, -0.2) is 9.78 Å². The van der Waals surface area contributed by atoms with E-state index in [0.29, 0.717) is 5.82 Å². The van der Waals surface area contributed by atoms with Crippen LogP contribution in [0.1, 0.15) is 5.56 Å². The Morgan fingerprint density at radius 3 is 2.50 bits per heavy atom. The van der Waals surface area contributed by atoms with E-state index in [1.54, 1.807) is 0 Å². The second kappa shape index (κ2) is 3.41. The minimum Gasteiger partial charge on any atom is -0.290 e. The molecule has 4 heteroatoms. The zero-order valence-corrected chi connectivity index (χ0v) is 7.69. The Morgan fingerprint density at radius 2 is 1.86 bits per heavy atom. The Hall–Kier alpha value is -1.97. The number of aromatic nitrogens is 3. The lowest BCUT2D eigenvalue weighted by molar-refractivity contribution is 0.994. The van der Waals surface area contributed by atoms with Gasteiger partial charge in [-0.1, -0.05) is 29.8 Å². The van der Waals surface area contributed by atoms with Crippen molar-refractivity contribution in [2.45, 2.75) is 6.92 Å². The van der Waals surface area contributed by atoms with Gasteiger partial charge in [0.2, 0.25) is 0 Å². The first-order valence-electron chi connectivity index (χ1n) is 4.24. The number of hydrogen-bond acceptors (Lipinski definition) is 3. The number of aryl methyl sites for hydroxylation is 1. The SMILES string of the molecule is Cc1ccc(-c2ncnc(=O)[nH]2)cc1. The highest BCUT2D eigenvalue weighted by molar-refractivity contribution is 5.54. The summed E-state index contributed by atoms with van der Waals surface area (Å²) < 4.78 is 0. The fourth-order valence-corrected chi connectivity index (χ4v) is 1.16. The molecule has 0 unspecified atom stereocenters. The molecule has 70 valence electrons. The van der Waals surface area contributed by atoms with Gasteiger partial charge in [0.25, 0.3) is 0 Å². The van der Waals surface area contributed by atoms with E-state index in [1.165, 1.54) is 11.9 Å². The Balaban J connectivity index is 2.50. The lowest BCUT2D eigenvalue weighted by Gasteiger charge is -1.99. The molecule has 2 aromatic rings. The van der Waals surface area contributed by atoms with Gasteiger partial charge in [-0.05, 0) is 6.92 Å². The molecule has 1 N–H and O–H groups in total. The minimum atomic E-state index is -0.379. The lowest BCUT2D eigenvalue weighted by atomic mass is 10.1. The molecule has 0 saturated heterocycles. The zero-order chi connectivity index (χ0) is 9.97. The number of nitrogens with zero attached hydrogens (tertiary/aromatic N) is 2. The Labute approximate surface area is 80.7 Å². The highest BCUT2D eigenvalue weighted by atomic mass is 16.1. The number of benzene rings is 1. The molecule has 1 aromatic heterocycles. The van der Waals surface area contributed by atoms with Crippen LogP contribution in [0.25, 0.3) is 11.4 Å². The second-order valence-electron chi connectivity index (χ2n) is 3.02. The van der Waals surface area contributed by atoms with Gasteiger partial charge in [-0.2, -0.15) is 4.98 Å². The summed E-state index contributed by atoms with van der Waals surface area (Å²) in [5.41, 5.74) is 1.68. The molecule has 1 heterocycles. The maximum absolute atomic E-state index is 10.9. The largest absolute Gasteiger partial charge is 0.348 e. The second-order valence-corrected chi connectivity index (χ2v) is 3.02. The van der Waals surface area contributed by atoms with E-state index in [-0.39, 0.29) is 5.69 Å². The predicted octanol–water partition coefficient (Wildman–Crippen LogP) is 1.14. The summed E-state index contributed by atoms with van der Waals surface area (Å²) in [4.78, 5) is 20.9. The smallest absolute Gasteiger partial charge is 0.290 e. The first kappa shape index (κ1) is 8.62. The van der Waals surface area contributed by atoms with Crippen molar-refractivity contribution in [2.75, 3.05) is 0 Å². The van der Waals surface area contributed by atoms with Crippen LogP contribution >= 0.6 is 0 Å². The normalized spacial score (nSPS) is 10.1. The van der Waals surface area contributed by atoms with Crippen molar-refractivity contribution in [3.05, 3.63) is 46.6 Å². The quantitative estimate of drug-likeness (QED) is 0.728. The number of hydrogen-bond donors (Lipinski definition) is 1. The molecular weight excluding hydrogens is 178 g/mol. The van der Waals surface area contributed by atoms with Crippen LogP contribution in [0, 0.1) is 6.92 Å². The number of rotatable bonds is 1. The molecule has 0 bridgehead atoms. The van der Waals surface area contributed by atoms with Crippen LogP contribution in [0.5, 0.6) is 0 Å². The van der Waals surface area contributed by atoms with Crippen molar-refractivity contribution in [3.8, 4) is 11.4 Å². The van der Waals surface area contributed by atoms with Crippen LogP contribution in [0.4, 0.5) is 0 Å². The van der Waals surface area contributed by atoms with E-state index in [2.05, 4.69) is 15.0 Å². The molecule has 2 rings (SSSR count). The van der Waals surface area contributed by atoms with Gasteiger partial charge in [-0.3, -0.25) is 4.98 Å². The van der Waals surface area contributed by atoms with Crippen molar-refractivity contribution < 1.29 is 0 Å². The van der Waals surface area contributed by atoms with Gasteiger partial charge in [0.15, 0.2) is 0 Å². The van der Waals surface area contributed by atoms with Crippen LogP contribution < -0.4 is 5.69 Å². The molecule has 0 aliphatic heterocycles. The number of nitrogens with one attached hydrogen (secondary N) is 1. The van der Waals surface area contributed by atoms with E-state index < -0.39 is 0 Å². The van der Waals surface area contributed by atoms with E-state index in [9.17, 15) is 4.79 Å². The van der Waals surface area contributed by atoms with Crippen molar-refractivity contribution >= 4 is 0 Å². The molecule has 0 amide bonds. The topological polar surface area (TPSA) is 58.6 Å². The van der Waals surface area contributed by atoms with Crippen LogP contribution in [0.3, 0.4) is 0 Å². The molecule has 0 radical (unpaired) electrons. The van der Waals surface area contributed by atoms with E-state index in [0.717, 1.165) is 5.56 Å². The zero-order valence-electron chi connectivity index (χ0n) is 7.69. The number of aromatic amines is 1. The molecule has 4 nitrogen and oxygen atoms in total. The highest BCUT2D eigenvalue weighted by Crippen LogP contribution is 2.12. The molecular formula is C10H9N3O. The van der Waals surface area contributed by atoms with Crippen LogP contribution in [-0.4, -0.2) is 15.0 Å². The fraction of sp³-hybridized carbons (Fsp3) is 0.100. The average Bonchev–Trinajstić information content (AvgIpc) is 2.19. The third-order valence-corrected chi connectivity index (χ3v) is 1.91. The Kier molecular flexibility index (Phi) is 2.10. The van der Waals surface area contributed by atoms with E-state index >= 15 is 0 Å². The van der Waals surface area contributed by atoms with Crippen molar-refractivity contribution in [1.29, 1.82) is 0 Å². The monoisotopic (exact) mass is 187 g/mol. The van der Waals surface area contributed by atoms with Crippen LogP contribution in [0.15, 0.2) is 35.4 Å². The molecule has 1 aromatic carbocycles. The third-order valence-electron chi connectivity index (χ3n) is 1.91. The fourth-order valence-electron chi connectivity index (χ4n) is 1.16. The molecule has 0 aliphatic carbocycles. The predicted molar refractivity (Wildman–Crippen MR) is 52.8 cm³/mol. The molecule has 0 spiro atoms. The summed E-state index contributed by atoms with van der Waals surface area (Å²) in [5.74, 6) is 0.546. The highest BCUT2D eigenvalue weighted by Gasteiger charge is 1.98. The summed E-state index contributed by atoms with van der Waals surface area (Å²) in [5, 5.41) is 0. The first-order chi connectivity index (χ1) is 6.75. The Morgan fingerprint density at radius 1 is 1.14 bits per heavy atom. The maximum atomic E-state index is 10.9. The first-order valence-corrected chi connectivity index (χ1v) is 4.24. The van der Waals surface area contributed by atoms with Crippen LogP contribution in [-0.2, 0) is 0 Å². The number of H-pyrrole nitrogens is 1. The summed E-state index contributed by atoms with van der Waals surface area (Å²) in [7, 11) is 0. The van der Waals surface area contributed by atoms with Gasteiger partial charge >= 0.3 is 5.69 Å². The summed E-state index contributed by atoms with van der Waals surface area (Å²) in [6.07, 6.45) is 1.26. The van der Waals surface area contributed by atoms with Crippen LogP contribution in [0.2, 0.25) is 0 Å². The maximum Gasteiger partial charge on any atom is 0.348 e. The average molecular weight is 187 g/mol. The molecule has 0 fully saturated rings. The van der Waals surface area contributed by atoms with E-state index in [1.807, 2.05) is 31.2 Å². The molecule has 0 atom stereocenters. The van der Waals surface area contributed by atoms with Gasteiger partial charge in [0.05, 0.1) is 0 Å². The molecule has 14 heavy (non-hydrogen) atoms. The Bertz CT molecular complexity index is 487. The van der Waals surface area contributed by atoms with Crippen molar-refractivity contribution in [3.63, 3.8) is 0 Å². The van der Waals surface area contributed by atoms with E-state index in [4.69, 9.17) is 0 Å². The van der Waals surface area contributed by atoms with Gasteiger partial charge in [-0.15, -0.1) is 0 Å². The van der Waals surface area contributed by atoms with Gasteiger partial charge in [0, 0.05) is 5.56 Å². The summed E-state index contributed by atoms with van der Waals surface area (Å²) >= 11 is 0.